The average molecular weight is 415 g/mol. The monoisotopic (exact) mass is 414 g/mol. The van der Waals surface area contributed by atoms with E-state index >= 15 is 0 Å². The molecule has 6 nitrogen and oxygen atoms in total. The third kappa shape index (κ3) is 5.19. The lowest BCUT2D eigenvalue weighted by atomic mass is 10.1. The lowest BCUT2D eigenvalue weighted by molar-refractivity contribution is -0.131. The Bertz CT molecular complexity index is 916. The van der Waals surface area contributed by atoms with Crippen LogP contribution in [0.2, 0.25) is 0 Å². The van der Waals surface area contributed by atoms with Gasteiger partial charge in [-0.1, -0.05) is 22.0 Å². The molecule has 0 saturated carbocycles. The molecule has 0 saturated heterocycles. The quantitative estimate of drug-likeness (QED) is 0.346. The largest absolute Gasteiger partial charge is 0.497 e. The van der Waals surface area contributed by atoms with Gasteiger partial charge in [-0.15, -0.1) is 0 Å². The van der Waals surface area contributed by atoms with Crippen molar-refractivity contribution >= 4 is 39.6 Å². The summed E-state index contributed by atoms with van der Waals surface area (Å²) < 4.78 is 10.9. The summed E-state index contributed by atoms with van der Waals surface area (Å²) in [5, 5.41) is 12.0. The fourth-order valence-corrected chi connectivity index (χ4v) is 2.46. The highest BCUT2D eigenvalue weighted by Gasteiger charge is 2.13. The molecule has 0 aliphatic rings. The summed E-state index contributed by atoms with van der Waals surface area (Å²) in [5.74, 6) is -0.257. The van der Waals surface area contributed by atoms with Crippen LogP contribution in [0, 0.1) is 11.3 Å². The van der Waals surface area contributed by atoms with Crippen molar-refractivity contribution in [2.24, 2.45) is 0 Å². The van der Waals surface area contributed by atoms with Crippen molar-refractivity contribution in [3.05, 3.63) is 58.1 Å². The standard InChI is InChI=1S/C19H15BrN2O4/c1-12(23)26-18-7-6-15(20)9-13(18)8-14(11-21)19(24)22-16-4-3-5-17(10-16)25-2/h3-10H,1-2H3,(H,22,24)/b14-8+. The van der Waals surface area contributed by atoms with Gasteiger partial charge < -0.3 is 14.8 Å². The smallest absolute Gasteiger partial charge is 0.308 e. The van der Waals surface area contributed by atoms with Crippen molar-refractivity contribution in [1.82, 2.24) is 0 Å². The van der Waals surface area contributed by atoms with Gasteiger partial charge in [-0.3, -0.25) is 9.59 Å². The number of methoxy groups -OCH3 is 1. The number of anilines is 1. The molecular formula is C19H15BrN2O4. The molecule has 1 N–H and O–H groups in total. The lowest BCUT2D eigenvalue weighted by Crippen LogP contribution is -2.13. The predicted octanol–water partition coefficient (Wildman–Crippen LogP) is 3.93. The van der Waals surface area contributed by atoms with Gasteiger partial charge in [0.25, 0.3) is 5.91 Å². The molecule has 0 aliphatic carbocycles. The molecular weight excluding hydrogens is 400 g/mol. The number of benzene rings is 2. The Kier molecular flexibility index (Phi) is 6.53. The van der Waals surface area contributed by atoms with E-state index in [9.17, 15) is 14.9 Å². The van der Waals surface area contributed by atoms with Crippen LogP contribution in [0.1, 0.15) is 12.5 Å². The van der Waals surface area contributed by atoms with E-state index in [4.69, 9.17) is 9.47 Å². The van der Waals surface area contributed by atoms with Crippen LogP contribution in [0.25, 0.3) is 6.08 Å². The van der Waals surface area contributed by atoms with Crippen LogP contribution in [0.5, 0.6) is 11.5 Å². The van der Waals surface area contributed by atoms with Gasteiger partial charge in [0, 0.05) is 28.7 Å². The van der Waals surface area contributed by atoms with Crippen LogP contribution in [0.3, 0.4) is 0 Å². The number of amides is 1. The summed E-state index contributed by atoms with van der Waals surface area (Å²) in [4.78, 5) is 23.6. The highest BCUT2D eigenvalue weighted by molar-refractivity contribution is 9.10. The van der Waals surface area contributed by atoms with Gasteiger partial charge in [0.05, 0.1) is 7.11 Å². The molecule has 26 heavy (non-hydrogen) atoms. The maximum Gasteiger partial charge on any atom is 0.308 e. The summed E-state index contributed by atoms with van der Waals surface area (Å²) in [6.07, 6.45) is 1.36. The summed E-state index contributed by atoms with van der Waals surface area (Å²) in [6, 6.07) is 13.6. The van der Waals surface area contributed by atoms with Crippen molar-refractivity contribution in [2.45, 2.75) is 6.92 Å². The summed E-state index contributed by atoms with van der Waals surface area (Å²) in [5.41, 5.74) is 0.774. The molecule has 0 radical (unpaired) electrons. The number of nitrogens with one attached hydrogen (secondary N) is 1. The van der Waals surface area contributed by atoms with E-state index in [1.54, 1.807) is 42.5 Å². The maximum atomic E-state index is 12.4. The number of hydrogen-bond donors (Lipinski definition) is 1. The second-order valence-corrected chi connectivity index (χ2v) is 6.05. The van der Waals surface area contributed by atoms with Crippen molar-refractivity contribution in [3.63, 3.8) is 0 Å². The van der Waals surface area contributed by atoms with Gasteiger partial charge in [-0.05, 0) is 36.4 Å². The first-order valence-electron chi connectivity index (χ1n) is 7.48. The molecule has 2 aromatic carbocycles. The Morgan fingerprint density at radius 2 is 2.00 bits per heavy atom. The SMILES string of the molecule is COc1cccc(NC(=O)/C(C#N)=C/c2cc(Br)ccc2OC(C)=O)c1. The number of esters is 1. The van der Waals surface area contributed by atoms with Crippen molar-refractivity contribution < 1.29 is 19.1 Å². The number of rotatable bonds is 5. The first-order valence-corrected chi connectivity index (χ1v) is 8.27. The van der Waals surface area contributed by atoms with Gasteiger partial charge in [0.15, 0.2) is 0 Å². The number of carbonyl (C=O) groups excluding carboxylic acids is 2. The Labute approximate surface area is 159 Å². The number of hydrogen-bond acceptors (Lipinski definition) is 5. The van der Waals surface area contributed by atoms with Crippen molar-refractivity contribution in [1.29, 1.82) is 5.26 Å². The number of nitriles is 1. The molecule has 2 rings (SSSR count). The molecule has 0 fully saturated rings. The molecule has 0 bridgehead atoms. The number of ether oxygens (including phenoxy) is 2. The fourth-order valence-electron chi connectivity index (χ4n) is 2.08. The second-order valence-electron chi connectivity index (χ2n) is 5.13. The number of nitrogens with zero attached hydrogens (tertiary/aromatic N) is 1. The first-order chi connectivity index (χ1) is 12.4. The summed E-state index contributed by atoms with van der Waals surface area (Å²) in [6.45, 7) is 1.27. The average Bonchev–Trinajstić information content (AvgIpc) is 2.61. The van der Waals surface area contributed by atoms with E-state index in [2.05, 4.69) is 21.2 Å². The third-order valence-corrected chi connectivity index (χ3v) is 3.71. The van der Waals surface area contributed by atoms with Gasteiger partial charge in [-0.25, -0.2) is 0 Å². The van der Waals surface area contributed by atoms with Crippen LogP contribution in [0.4, 0.5) is 5.69 Å². The lowest BCUT2D eigenvalue weighted by Gasteiger charge is -2.08. The van der Waals surface area contributed by atoms with Crippen molar-refractivity contribution in [3.8, 4) is 17.6 Å². The minimum Gasteiger partial charge on any atom is -0.497 e. The Hall–Kier alpha value is -3.11. The van der Waals surface area contributed by atoms with Crippen LogP contribution < -0.4 is 14.8 Å². The van der Waals surface area contributed by atoms with Gasteiger partial charge in [0.1, 0.15) is 23.1 Å². The highest BCUT2D eigenvalue weighted by atomic mass is 79.9. The highest BCUT2D eigenvalue weighted by Crippen LogP contribution is 2.26. The van der Waals surface area contributed by atoms with Gasteiger partial charge >= 0.3 is 5.97 Å². The molecule has 132 valence electrons. The van der Waals surface area contributed by atoms with E-state index < -0.39 is 11.9 Å². The van der Waals surface area contributed by atoms with Crippen molar-refractivity contribution in [2.75, 3.05) is 12.4 Å². The topological polar surface area (TPSA) is 88.4 Å². The molecule has 0 atom stereocenters. The summed E-state index contributed by atoms with van der Waals surface area (Å²) >= 11 is 3.31. The van der Waals surface area contributed by atoms with Crippen LogP contribution in [-0.2, 0) is 9.59 Å². The van der Waals surface area contributed by atoms with Gasteiger partial charge in [-0.2, -0.15) is 5.26 Å². The predicted molar refractivity (Wildman–Crippen MR) is 101 cm³/mol. The summed E-state index contributed by atoms with van der Waals surface area (Å²) in [7, 11) is 1.52. The molecule has 2 aromatic rings. The van der Waals surface area contributed by atoms with Crippen LogP contribution >= 0.6 is 15.9 Å². The molecule has 0 unspecified atom stereocenters. The molecule has 0 aliphatic heterocycles. The first kappa shape index (κ1) is 19.2. The Morgan fingerprint density at radius 1 is 1.23 bits per heavy atom. The van der Waals surface area contributed by atoms with E-state index in [1.165, 1.54) is 20.1 Å². The minimum absolute atomic E-state index is 0.140. The van der Waals surface area contributed by atoms with Gasteiger partial charge in [0.2, 0.25) is 0 Å². The van der Waals surface area contributed by atoms with E-state index in [-0.39, 0.29) is 11.3 Å². The second kappa shape index (κ2) is 8.83. The Morgan fingerprint density at radius 3 is 2.65 bits per heavy atom. The molecule has 0 aromatic heterocycles. The molecule has 0 spiro atoms. The van der Waals surface area contributed by atoms with Crippen LogP contribution in [-0.4, -0.2) is 19.0 Å². The number of carbonyl (C=O) groups is 2. The van der Waals surface area contributed by atoms with E-state index in [1.807, 2.05) is 6.07 Å². The maximum absolute atomic E-state index is 12.4. The van der Waals surface area contributed by atoms with Crippen LogP contribution in [0.15, 0.2) is 52.5 Å². The molecule has 7 heteroatoms. The Balaban J connectivity index is 2.32. The molecule has 1 amide bonds. The zero-order valence-corrected chi connectivity index (χ0v) is 15.7. The van der Waals surface area contributed by atoms with E-state index in [0.717, 1.165) is 0 Å². The number of halogens is 1. The normalized spacial score (nSPS) is 10.6. The third-order valence-electron chi connectivity index (χ3n) is 3.22. The zero-order chi connectivity index (χ0) is 19.1. The zero-order valence-electron chi connectivity index (χ0n) is 14.1. The fraction of sp³-hybridized carbons (Fsp3) is 0.105. The minimum atomic E-state index is -0.588. The van der Waals surface area contributed by atoms with E-state index in [0.29, 0.717) is 21.5 Å². The molecule has 0 heterocycles.